The molecule has 6 nitrogen and oxygen atoms in total. The summed E-state index contributed by atoms with van der Waals surface area (Å²) in [5.74, 6) is 1.07. The Hall–Kier alpha value is -2.41. The highest BCUT2D eigenvalue weighted by atomic mass is 35.5. The Kier molecular flexibility index (Phi) is 5.62. The minimum atomic E-state index is -0.200. The van der Waals surface area contributed by atoms with Crippen LogP contribution < -0.4 is 5.32 Å². The molecule has 0 aliphatic carbocycles. The molecular formula is C21H23ClN4O2. The number of rotatable bonds is 6. The molecule has 1 saturated heterocycles. The monoisotopic (exact) mass is 398 g/mol. The lowest BCUT2D eigenvalue weighted by Gasteiger charge is -2.17. The molecule has 0 saturated carbocycles. The van der Waals surface area contributed by atoms with Crippen molar-refractivity contribution >= 4 is 17.3 Å². The number of nitrogens with zero attached hydrogens (tertiary/aromatic N) is 3. The van der Waals surface area contributed by atoms with Crippen LogP contribution in [0, 0.1) is 0 Å². The summed E-state index contributed by atoms with van der Waals surface area (Å²) < 4.78 is 5.44. The van der Waals surface area contributed by atoms with Crippen molar-refractivity contribution < 1.29 is 9.63 Å². The Morgan fingerprint density at radius 3 is 2.86 bits per heavy atom. The second kappa shape index (κ2) is 8.31. The molecule has 0 spiro atoms. The first kappa shape index (κ1) is 18.9. The van der Waals surface area contributed by atoms with Gasteiger partial charge in [-0.15, -0.1) is 0 Å². The second-order valence-electron chi connectivity index (χ2n) is 7.21. The molecule has 0 amide bonds. The van der Waals surface area contributed by atoms with Crippen molar-refractivity contribution in [2.45, 2.75) is 32.0 Å². The predicted molar refractivity (Wildman–Crippen MR) is 109 cm³/mol. The van der Waals surface area contributed by atoms with Gasteiger partial charge in [-0.2, -0.15) is 4.98 Å². The van der Waals surface area contributed by atoms with Crippen molar-refractivity contribution in [1.82, 2.24) is 15.0 Å². The number of aliphatic hydroxyl groups is 1. The average Bonchev–Trinajstić information content (AvgIpc) is 3.32. The van der Waals surface area contributed by atoms with Gasteiger partial charge in [0.2, 0.25) is 11.7 Å². The Morgan fingerprint density at radius 1 is 1.29 bits per heavy atom. The minimum Gasteiger partial charge on any atom is -0.392 e. The van der Waals surface area contributed by atoms with Crippen molar-refractivity contribution in [3.63, 3.8) is 0 Å². The predicted octanol–water partition coefficient (Wildman–Crippen LogP) is 4.13. The van der Waals surface area contributed by atoms with Gasteiger partial charge in [0.1, 0.15) is 6.04 Å². The molecule has 1 aliphatic rings. The summed E-state index contributed by atoms with van der Waals surface area (Å²) >= 11 is 5.93. The van der Waals surface area contributed by atoms with E-state index in [1.165, 1.54) is 5.56 Å². The molecule has 1 aromatic heterocycles. The third-order valence-corrected chi connectivity index (χ3v) is 5.13. The molecule has 1 fully saturated rings. The highest BCUT2D eigenvalue weighted by Gasteiger charge is 2.20. The molecule has 2 unspecified atom stereocenters. The zero-order valence-electron chi connectivity index (χ0n) is 15.7. The van der Waals surface area contributed by atoms with Crippen molar-refractivity contribution in [2.24, 2.45) is 0 Å². The van der Waals surface area contributed by atoms with Crippen molar-refractivity contribution in [1.29, 1.82) is 0 Å². The van der Waals surface area contributed by atoms with Crippen LogP contribution >= 0.6 is 11.6 Å². The van der Waals surface area contributed by atoms with Crippen LogP contribution in [0.15, 0.2) is 53.1 Å². The third-order valence-electron chi connectivity index (χ3n) is 4.88. The number of hydrogen-bond acceptors (Lipinski definition) is 6. The van der Waals surface area contributed by atoms with Crippen LogP contribution in [0.5, 0.6) is 0 Å². The maximum Gasteiger partial charge on any atom is 0.249 e. The molecule has 1 aliphatic heterocycles. The number of benzene rings is 2. The largest absolute Gasteiger partial charge is 0.392 e. The van der Waals surface area contributed by atoms with Crippen molar-refractivity contribution in [2.75, 3.05) is 18.4 Å². The van der Waals surface area contributed by atoms with E-state index in [1.54, 1.807) is 12.1 Å². The molecule has 0 bridgehead atoms. The van der Waals surface area contributed by atoms with E-state index in [0.717, 1.165) is 37.3 Å². The minimum absolute atomic E-state index is 0.127. The van der Waals surface area contributed by atoms with Crippen LogP contribution in [-0.4, -0.2) is 39.3 Å². The molecule has 28 heavy (non-hydrogen) atoms. The normalized spacial score (nSPS) is 18.3. The van der Waals surface area contributed by atoms with Gasteiger partial charge < -0.3 is 14.9 Å². The van der Waals surface area contributed by atoms with E-state index in [1.807, 2.05) is 31.2 Å². The van der Waals surface area contributed by atoms with Gasteiger partial charge in [-0.1, -0.05) is 28.9 Å². The lowest BCUT2D eigenvalue weighted by molar-refractivity contribution is 0.175. The molecule has 7 heteroatoms. The molecule has 4 rings (SSSR count). The first-order chi connectivity index (χ1) is 13.6. The lowest BCUT2D eigenvalue weighted by atomic mass is 10.1. The van der Waals surface area contributed by atoms with E-state index in [-0.39, 0.29) is 12.1 Å². The summed E-state index contributed by atoms with van der Waals surface area (Å²) in [6, 6.07) is 15.5. The lowest BCUT2D eigenvalue weighted by Crippen LogP contribution is -2.21. The van der Waals surface area contributed by atoms with Gasteiger partial charge in [-0.3, -0.25) is 4.90 Å². The van der Waals surface area contributed by atoms with E-state index < -0.39 is 0 Å². The van der Waals surface area contributed by atoms with E-state index >= 15 is 0 Å². The fourth-order valence-corrected chi connectivity index (χ4v) is 3.54. The van der Waals surface area contributed by atoms with Gasteiger partial charge in [0.25, 0.3) is 0 Å². The Labute approximate surface area is 169 Å². The number of anilines is 1. The topological polar surface area (TPSA) is 74.4 Å². The molecule has 146 valence electrons. The summed E-state index contributed by atoms with van der Waals surface area (Å²) in [4.78, 5) is 6.77. The van der Waals surface area contributed by atoms with Gasteiger partial charge in [0.15, 0.2) is 0 Å². The molecule has 0 radical (unpaired) electrons. The number of aliphatic hydroxyl groups excluding tert-OH is 1. The van der Waals surface area contributed by atoms with Gasteiger partial charge in [0.05, 0.1) is 6.10 Å². The number of nitrogens with one attached hydrogen (secondary N) is 1. The van der Waals surface area contributed by atoms with Crippen LogP contribution in [0.1, 0.15) is 30.8 Å². The Bertz CT molecular complexity index is 928. The zero-order valence-corrected chi connectivity index (χ0v) is 16.4. The van der Waals surface area contributed by atoms with Crippen LogP contribution in [0.3, 0.4) is 0 Å². The summed E-state index contributed by atoms with van der Waals surface area (Å²) in [5, 5.41) is 17.9. The van der Waals surface area contributed by atoms with Gasteiger partial charge in [-0.05, 0) is 55.3 Å². The highest BCUT2D eigenvalue weighted by Crippen LogP contribution is 2.24. The quantitative estimate of drug-likeness (QED) is 0.650. The zero-order chi connectivity index (χ0) is 19.5. The molecular weight excluding hydrogens is 376 g/mol. The highest BCUT2D eigenvalue weighted by molar-refractivity contribution is 6.30. The maximum atomic E-state index is 9.69. The number of hydrogen-bond donors (Lipinski definition) is 2. The van der Waals surface area contributed by atoms with Crippen LogP contribution in [0.4, 0.5) is 5.69 Å². The van der Waals surface area contributed by atoms with Gasteiger partial charge in [-0.25, -0.2) is 0 Å². The van der Waals surface area contributed by atoms with Gasteiger partial charge in [0, 0.05) is 35.9 Å². The molecule has 2 N–H and O–H groups in total. The van der Waals surface area contributed by atoms with E-state index in [9.17, 15) is 5.11 Å². The van der Waals surface area contributed by atoms with Crippen LogP contribution in [0.2, 0.25) is 5.02 Å². The molecule has 3 aromatic rings. The molecule has 2 heterocycles. The fourth-order valence-electron chi connectivity index (χ4n) is 3.41. The number of aromatic nitrogens is 2. The number of halogens is 1. The van der Waals surface area contributed by atoms with E-state index in [0.29, 0.717) is 16.7 Å². The van der Waals surface area contributed by atoms with Crippen molar-refractivity contribution in [3.05, 3.63) is 65.0 Å². The van der Waals surface area contributed by atoms with Crippen molar-refractivity contribution in [3.8, 4) is 11.4 Å². The first-order valence-corrected chi connectivity index (χ1v) is 9.80. The van der Waals surface area contributed by atoms with Gasteiger partial charge >= 0.3 is 0 Å². The standard InChI is InChI=1S/C21H23ClN4O2/c1-14(21-24-20(25-28-21)16-5-7-17(22)8-6-16)23-18-4-2-3-15(11-18)12-26-10-9-19(27)13-26/h2-8,11,14,19,23,27H,9-10,12-13H2,1H3. The Balaban J connectivity index is 1.41. The van der Waals surface area contributed by atoms with E-state index in [2.05, 4.69) is 32.5 Å². The summed E-state index contributed by atoms with van der Waals surface area (Å²) in [5.41, 5.74) is 3.07. The SMILES string of the molecule is CC(Nc1cccc(CN2CCC(O)C2)c1)c1nc(-c2ccc(Cl)cc2)no1. The Morgan fingerprint density at radius 2 is 2.11 bits per heavy atom. The summed E-state index contributed by atoms with van der Waals surface area (Å²) in [6.07, 6.45) is 0.649. The first-order valence-electron chi connectivity index (χ1n) is 9.42. The summed E-state index contributed by atoms with van der Waals surface area (Å²) in [6.45, 7) is 4.50. The average molecular weight is 399 g/mol. The van der Waals surface area contributed by atoms with Crippen LogP contribution in [0.25, 0.3) is 11.4 Å². The molecule has 2 atom stereocenters. The third kappa shape index (κ3) is 4.52. The number of likely N-dealkylation sites (tertiary alicyclic amines) is 1. The smallest absolute Gasteiger partial charge is 0.249 e. The summed E-state index contributed by atoms with van der Waals surface area (Å²) in [7, 11) is 0. The maximum absolute atomic E-state index is 9.69. The fraction of sp³-hybridized carbons (Fsp3) is 0.333. The van der Waals surface area contributed by atoms with E-state index in [4.69, 9.17) is 16.1 Å². The second-order valence-corrected chi connectivity index (χ2v) is 7.64. The van der Waals surface area contributed by atoms with Crippen LogP contribution in [-0.2, 0) is 6.54 Å². The molecule has 2 aromatic carbocycles. The number of β-amino-alcohol motifs (C(OH)–C–C–N with tert-alkyl or cyclic N) is 1.